The maximum atomic E-state index is 11.6. The molecule has 18 heavy (non-hydrogen) atoms. The maximum absolute atomic E-state index is 11.6. The summed E-state index contributed by atoms with van der Waals surface area (Å²) in [5.74, 6) is 0.655. The summed E-state index contributed by atoms with van der Waals surface area (Å²) >= 11 is 1.44. The van der Waals surface area contributed by atoms with E-state index in [0.717, 1.165) is 17.5 Å². The highest BCUT2D eigenvalue weighted by Crippen LogP contribution is 2.20. The lowest BCUT2D eigenvalue weighted by molar-refractivity contribution is 0.641. The van der Waals surface area contributed by atoms with E-state index >= 15 is 0 Å². The van der Waals surface area contributed by atoms with Crippen molar-refractivity contribution in [1.29, 1.82) is 0 Å². The Bertz CT molecular complexity index is 677. The van der Waals surface area contributed by atoms with E-state index in [1.54, 1.807) is 0 Å². The molecule has 1 aromatic carbocycles. The number of thioether (sulfide) groups is 1. The van der Waals surface area contributed by atoms with Crippen LogP contribution in [0.4, 0.5) is 5.69 Å². The fourth-order valence-corrected chi connectivity index (χ4v) is 2.45. The van der Waals surface area contributed by atoms with Crippen LogP contribution < -0.4 is 11.3 Å². The quantitative estimate of drug-likeness (QED) is 0.757. The minimum Gasteiger partial charge on any atom is -0.399 e. The van der Waals surface area contributed by atoms with Gasteiger partial charge in [0.25, 0.3) is 5.56 Å². The molecule has 2 N–H and O–H groups in total. The monoisotopic (exact) mass is 259 g/mol. The highest BCUT2D eigenvalue weighted by Gasteiger charge is 2.16. The molecule has 0 saturated carbocycles. The molecule has 1 aliphatic heterocycles. The standard InChI is InChI=1S/C11H9N5OS/c12-8-3-1-7(2-4-8)9-6-18-11-14-13-5-10(17)16(11)15-9/h1-5H,6,12H2. The zero-order chi connectivity index (χ0) is 12.5. The fraction of sp³-hybridized carbons (Fsp3) is 0.0909. The summed E-state index contributed by atoms with van der Waals surface area (Å²) < 4.78 is 1.27. The minimum absolute atomic E-state index is 0.278. The second-order valence-corrected chi connectivity index (χ2v) is 4.68. The number of fused-ring (bicyclic) bond motifs is 1. The van der Waals surface area contributed by atoms with Crippen molar-refractivity contribution >= 4 is 23.2 Å². The molecular weight excluding hydrogens is 250 g/mol. The average Bonchev–Trinajstić information content (AvgIpc) is 2.40. The van der Waals surface area contributed by atoms with Gasteiger partial charge in [-0.1, -0.05) is 23.9 Å². The van der Waals surface area contributed by atoms with Crippen molar-refractivity contribution in [2.24, 2.45) is 5.10 Å². The summed E-state index contributed by atoms with van der Waals surface area (Å²) in [6.07, 6.45) is 1.15. The van der Waals surface area contributed by atoms with Crippen molar-refractivity contribution in [3.05, 3.63) is 46.4 Å². The van der Waals surface area contributed by atoms with Crippen molar-refractivity contribution < 1.29 is 0 Å². The molecule has 90 valence electrons. The number of hydrogen-bond donors (Lipinski definition) is 1. The number of benzene rings is 1. The number of anilines is 1. The summed E-state index contributed by atoms with van der Waals surface area (Å²) in [5.41, 5.74) is 7.83. The molecule has 0 aliphatic carbocycles. The summed E-state index contributed by atoms with van der Waals surface area (Å²) in [5, 5.41) is 12.3. The van der Waals surface area contributed by atoms with Crippen LogP contribution >= 0.6 is 11.8 Å². The van der Waals surface area contributed by atoms with Gasteiger partial charge in [0.15, 0.2) is 0 Å². The van der Waals surface area contributed by atoms with Crippen molar-refractivity contribution in [2.75, 3.05) is 11.5 Å². The van der Waals surface area contributed by atoms with Gasteiger partial charge in [-0.3, -0.25) is 4.79 Å². The average molecular weight is 259 g/mol. The van der Waals surface area contributed by atoms with Gasteiger partial charge in [0.2, 0.25) is 5.16 Å². The Balaban J connectivity index is 2.08. The molecule has 0 atom stereocenters. The third-order valence-corrected chi connectivity index (χ3v) is 3.43. The van der Waals surface area contributed by atoms with Crippen LogP contribution in [0, 0.1) is 0 Å². The van der Waals surface area contributed by atoms with E-state index in [-0.39, 0.29) is 5.56 Å². The molecule has 2 aromatic rings. The Morgan fingerprint density at radius 1 is 1.28 bits per heavy atom. The Morgan fingerprint density at radius 3 is 2.83 bits per heavy atom. The molecule has 0 saturated heterocycles. The highest BCUT2D eigenvalue weighted by molar-refractivity contribution is 7.99. The van der Waals surface area contributed by atoms with Crippen molar-refractivity contribution in [3.8, 4) is 0 Å². The highest BCUT2D eigenvalue weighted by atomic mass is 32.2. The van der Waals surface area contributed by atoms with Crippen LogP contribution in [0.3, 0.4) is 0 Å². The lowest BCUT2D eigenvalue weighted by Crippen LogP contribution is -2.25. The molecule has 1 aliphatic rings. The van der Waals surface area contributed by atoms with E-state index in [9.17, 15) is 4.79 Å². The molecule has 0 unspecified atom stereocenters. The third-order valence-electron chi connectivity index (χ3n) is 2.50. The van der Waals surface area contributed by atoms with Gasteiger partial charge >= 0.3 is 0 Å². The normalized spacial score (nSPS) is 13.9. The van der Waals surface area contributed by atoms with E-state index in [1.807, 2.05) is 24.3 Å². The SMILES string of the molecule is Nc1ccc(C2=Nn3c(nncc3=O)SC2)cc1. The van der Waals surface area contributed by atoms with Crippen LogP contribution in [0.5, 0.6) is 0 Å². The van der Waals surface area contributed by atoms with E-state index in [0.29, 0.717) is 16.6 Å². The number of hydrogen-bond acceptors (Lipinski definition) is 6. The van der Waals surface area contributed by atoms with E-state index in [2.05, 4.69) is 15.3 Å². The number of nitrogens with zero attached hydrogens (tertiary/aromatic N) is 4. The van der Waals surface area contributed by atoms with Gasteiger partial charge in [-0.25, -0.2) is 0 Å². The minimum atomic E-state index is -0.278. The van der Waals surface area contributed by atoms with E-state index < -0.39 is 0 Å². The largest absolute Gasteiger partial charge is 0.399 e. The second kappa shape index (κ2) is 4.26. The summed E-state index contributed by atoms with van der Waals surface area (Å²) in [4.78, 5) is 11.6. The Kier molecular flexibility index (Phi) is 2.60. The first kappa shape index (κ1) is 11.0. The zero-order valence-corrected chi connectivity index (χ0v) is 10.1. The molecule has 3 rings (SSSR count). The van der Waals surface area contributed by atoms with Gasteiger partial charge in [0.1, 0.15) is 6.20 Å². The van der Waals surface area contributed by atoms with Crippen LogP contribution in [0.15, 0.2) is 45.5 Å². The maximum Gasteiger partial charge on any atom is 0.293 e. The second-order valence-electron chi connectivity index (χ2n) is 3.73. The number of nitrogen functional groups attached to an aromatic ring is 1. The lowest BCUT2D eigenvalue weighted by Gasteiger charge is -2.14. The first-order valence-electron chi connectivity index (χ1n) is 5.25. The molecular formula is C11H9N5OS. The molecule has 0 amide bonds. The predicted octanol–water partition coefficient (Wildman–Crippen LogP) is 0.579. The Hall–Kier alpha value is -2.15. The molecule has 1 aromatic heterocycles. The first-order chi connectivity index (χ1) is 8.74. The van der Waals surface area contributed by atoms with E-state index in [4.69, 9.17) is 5.73 Å². The number of nitrogens with two attached hydrogens (primary N) is 1. The van der Waals surface area contributed by atoms with Gasteiger partial charge in [0.05, 0.1) is 5.71 Å². The Morgan fingerprint density at radius 2 is 2.06 bits per heavy atom. The number of aromatic nitrogens is 3. The van der Waals surface area contributed by atoms with Gasteiger partial charge in [-0.2, -0.15) is 14.9 Å². The molecule has 7 heteroatoms. The Labute approximate surface area is 107 Å². The van der Waals surface area contributed by atoms with Gasteiger partial charge in [0, 0.05) is 11.4 Å². The molecule has 0 radical (unpaired) electrons. The van der Waals surface area contributed by atoms with Crippen molar-refractivity contribution in [2.45, 2.75) is 5.16 Å². The molecule has 0 bridgehead atoms. The van der Waals surface area contributed by atoms with Crippen LogP contribution in [-0.2, 0) is 0 Å². The van der Waals surface area contributed by atoms with Crippen LogP contribution in [0.1, 0.15) is 5.56 Å². The van der Waals surface area contributed by atoms with Gasteiger partial charge in [-0.15, -0.1) is 5.10 Å². The van der Waals surface area contributed by atoms with Crippen LogP contribution in [0.2, 0.25) is 0 Å². The molecule has 6 nitrogen and oxygen atoms in total. The topological polar surface area (TPSA) is 86.2 Å². The predicted molar refractivity (Wildman–Crippen MR) is 69.8 cm³/mol. The summed E-state index contributed by atoms with van der Waals surface area (Å²) in [6.45, 7) is 0. The zero-order valence-electron chi connectivity index (χ0n) is 9.28. The van der Waals surface area contributed by atoms with Crippen molar-refractivity contribution in [3.63, 3.8) is 0 Å². The third kappa shape index (κ3) is 1.88. The smallest absolute Gasteiger partial charge is 0.293 e. The molecule has 2 heterocycles. The molecule has 0 spiro atoms. The van der Waals surface area contributed by atoms with Crippen LogP contribution in [-0.4, -0.2) is 26.3 Å². The van der Waals surface area contributed by atoms with Crippen molar-refractivity contribution in [1.82, 2.24) is 14.9 Å². The van der Waals surface area contributed by atoms with Gasteiger partial charge in [-0.05, 0) is 17.7 Å². The lowest BCUT2D eigenvalue weighted by atomic mass is 10.1. The molecule has 0 fully saturated rings. The summed E-state index contributed by atoms with van der Waals surface area (Å²) in [7, 11) is 0. The van der Waals surface area contributed by atoms with Crippen LogP contribution in [0.25, 0.3) is 0 Å². The van der Waals surface area contributed by atoms with E-state index in [1.165, 1.54) is 16.4 Å². The fourth-order valence-electron chi connectivity index (χ4n) is 1.60. The number of rotatable bonds is 1. The first-order valence-corrected chi connectivity index (χ1v) is 6.24. The summed E-state index contributed by atoms with van der Waals surface area (Å²) in [6, 6.07) is 7.40. The van der Waals surface area contributed by atoms with Gasteiger partial charge < -0.3 is 5.73 Å².